The van der Waals surface area contributed by atoms with E-state index < -0.39 is 0 Å². The Bertz CT molecular complexity index is 544. The van der Waals surface area contributed by atoms with E-state index in [2.05, 4.69) is 50.1 Å². The molecule has 0 amide bonds. The summed E-state index contributed by atoms with van der Waals surface area (Å²) in [6.07, 6.45) is 6.62. The van der Waals surface area contributed by atoms with Crippen LogP contribution < -0.4 is 0 Å². The van der Waals surface area contributed by atoms with Gasteiger partial charge in [0.05, 0.1) is 11.6 Å². The Morgan fingerprint density at radius 3 is 2.78 bits per heavy atom. The molecule has 1 aromatic carbocycles. The number of halogens is 1. The molecule has 0 saturated heterocycles. The lowest BCUT2D eigenvalue weighted by Gasteiger charge is -2.27. The van der Waals surface area contributed by atoms with E-state index in [-0.39, 0.29) is 0 Å². The van der Waals surface area contributed by atoms with Gasteiger partial charge in [-0.15, -0.1) is 0 Å². The van der Waals surface area contributed by atoms with Crippen LogP contribution >= 0.6 is 15.9 Å². The normalized spacial score (nSPS) is 24.6. The van der Waals surface area contributed by atoms with E-state index >= 15 is 0 Å². The number of hydrogen-bond donors (Lipinski definition) is 1. The van der Waals surface area contributed by atoms with Crippen LogP contribution in [0.1, 0.15) is 31.7 Å². The molecule has 18 heavy (non-hydrogen) atoms. The molecule has 3 nitrogen and oxygen atoms in total. The first kappa shape index (κ1) is 12.2. The molecular formula is C14H17BrN2O. The maximum atomic E-state index is 9.17. The summed E-state index contributed by atoms with van der Waals surface area (Å²) in [6.45, 7) is 0.334. The van der Waals surface area contributed by atoms with Crippen LogP contribution in [0, 0.1) is 5.92 Å². The molecule has 0 unspecified atom stereocenters. The zero-order chi connectivity index (χ0) is 12.5. The van der Waals surface area contributed by atoms with Gasteiger partial charge in [0, 0.05) is 22.7 Å². The molecule has 2 aromatic rings. The highest BCUT2D eigenvalue weighted by atomic mass is 79.9. The molecule has 4 heteroatoms. The van der Waals surface area contributed by atoms with Crippen LogP contribution in [0.3, 0.4) is 0 Å². The van der Waals surface area contributed by atoms with Crippen molar-refractivity contribution in [2.24, 2.45) is 5.92 Å². The lowest BCUT2D eigenvalue weighted by Crippen LogP contribution is -2.20. The third kappa shape index (κ3) is 2.31. The molecule has 1 aliphatic rings. The van der Waals surface area contributed by atoms with Crippen LogP contribution in [-0.2, 0) is 0 Å². The smallest absolute Gasteiger partial charge is 0.0934 e. The van der Waals surface area contributed by atoms with Crippen LogP contribution in [0.15, 0.2) is 28.9 Å². The van der Waals surface area contributed by atoms with Gasteiger partial charge in [-0.1, -0.05) is 22.0 Å². The summed E-state index contributed by atoms with van der Waals surface area (Å²) in [7, 11) is 0. The predicted octanol–water partition coefficient (Wildman–Crippen LogP) is 3.52. The summed E-state index contributed by atoms with van der Waals surface area (Å²) in [6, 6.07) is 6.71. The van der Waals surface area contributed by atoms with Crippen molar-refractivity contribution in [3.8, 4) is 0 Å². The fraction of sp³-hybridized carbons (Fsp3) is 0.500. The van der Waals surface area contributed by atoms with Crippen molar-refractivity contribution in [1.29, 1.82) is 0 Å². The maximum Gasteiger partial charge on any atom is 0.0934 e. The number of rotatable bonds is 2. The van der Waals surface area contributed by atoms with E-state index in [4.69, 9.17) is 5.11 Å². The van der Waals surface area contributed by atoms with E-state index in [9.17, 15) is 0 Å². The molecule has 0 radical (unpaired) electrons. The Morgan fingerprint density at radius 1 is 1.28 bits per heavy atom. The molecule has 1 fully saturated rings. The van der Waals surface area contributed by atoms with Crippen molar-refractivity contribution >= 4 is 26.8 Å². The van der Waals surface area contributed by atoms with Gasteiger partial charge in [0.1, 0.15) is 0 Å². The number of aromatic nitrogens is 2. The van der Waals surface area contributed by atoms with Crippen molar-refractivity contribution in [2.75, 3.05) is 6.61 Å². The molecule has 0 spiro atoms. The minimum atomic E-state index is 0.334. The number of aliphatic hydroxyl groups excluding tert-OH is 1. The second kappa shape index (κ2) is 5.02. The number of nitrogens with zero attached hydrogens (tertiary/aromatic N) is 2. The van der Waals surface area contributed by atoms with Crippen molar-refractivity contribution in [3.05, 3.63) is 28.9 Å². The van der Waals surface area contributed by atoms with Crippen LogP contribution in [0.4, 0.5) is 0 Å². The van der Waals surface area contributed by atoms with Gasteiger partial charge >= 0.3 is 0 Å². The summed E-state index contributed by atoms with van der Waals surface area (Å²) in [5, 5.41) is 15.0. The minimum absolute atomic E-state index is 0.334. The quantitative estimate of drug-likeness (QED) is 0.921. The average molecular weight is 309 g/mol. The van der Waals surface area contributed by atoms with Gasteiger partial charge in [-0.3, -0.25) is 4.68 Å². The molecule has 0 aliphatic heterocycles. The Morgan fingerprint density at radius 2 is 2.06 bits per heavy atom. The fourth-order valence-corrected chi connectivity index (χ4v) is 3.14. The zero-order valence-electron chi connectivity index (χ0n) is 10.2. The minimum Gasteiger partial charge on any atom is -0.396 e. The highest BCUT2D eigenvalue weighted by Gasteiger charge is 2.22. The number of fused-ring (bicyclic) bond motifs is 1. The number of benzene rings is 1. The molecule has 0 atom stereocenters. The van der Waals surface area contributed by atoms with Gasteiger partial charge in [-0.25, -0.2) is 0 Å². The molecule has 1 saturated carbocycles. The number of aliphatic hydroxyl groups is 1. The van der Waals surface area contributed by atoms with Gasteiger partial charge in [-0.2, -0.15) is 5.10 Å². The second-order valence-corrected chi connectivity index (χ2v) is 6.09. The van der Waals surface area contributed by atoms with Crippen LogP contribution in [-0.4, -0.2) is 21.5 Å². The molecule has 1 aromatic heterocycles. The summed E-state index contributed by atoms with van der Waals surface area (Å²) in [4.78, 5) is 0. The predicted molar refractivity (Wildman–Crippen MR) is 75.5 cm³/mol. The zero-order valence-corrected chi connectivity index (χ0v) is 11.8. The van der Waals surface area contributed by atoms with Crippen molar-refractivity contribution in [1.82, 2.24) is 9.78 Å². The topological polar surface area (TPSA) is 38.0 Å². The summed E-state index contributed by atoms with van der Waals surface area (Å²) < 4.78 is 3.19. The van der Waals surface area contributed by atoms with Crippen molar-refractivity contribution in [3.63, 3.8) is 0 Å². The number of hydrogen-bond acceptors (Lipinski definition) is 2. The van der Waals surface area contributed by atoms with Gasteiger partial charge in [0.15, 0.2) is 0 Å². The highest BCUT2D eigenvalue weighted by Crippen LogP contribution is 2.32. The summed E-state index contributed by atoms with van der Waals surface area (Å²) >= 11 is 3.48. The first-order chi connectivity index (χ1) is 8.76. The summed E-state index contributed by atoms with van der Waals surface area (Å²) in [5.41, 5.74) is 1.05. The van der Waals surface area contributed by atoms with Gasteiger partial charge in [-0.05, 0) is 43.7 Å². The third-order valence-electron chi connectivity index (χ3n) is 3.94. The van der Waals surface area contributed by atoms with Crippen LogP contribution in [0.2, 0.25) is 0 Å². The van der Waals surface area contributed by atoms with E-state index in [1.165, 1.54) is 5.39 Å². The molecular weight excluding hydrogens is 292 g/mol. The molecule has 0 bridgehead atoms. The monoisotopic (exact) mass is 308 g/mol. The maximum absolute atomic E-state index is 9.17. The third-order valence-corrected chi connectivity index (χ3v) is 4.43. The lowest BCUT2D eigenvalue weighted by molar-refractivity contribution is 0.165. The molecule has 3 rings (SSSR count). The first-order valence-corrected chi connectivity index (χ1v) is 7.31. The van der Waals surface area contributed by atoms with E-state index in [0.717, 1.165) is 35.7 Å². The molecule has 1 N–H and O–H groups in total. The Balaban J connectivity index is 1.82. The van der Waals surface area contributed by atoms with Gasteiger partial charge < -0.3 is 5.11 Å². The Kier molecular flexibility index (Phi) is 3.39. The summed E-state index contributed by atoms with van der Waals surface area (Å²) in [5.74, 6) is 0.500. The molecule has 1 aliphatic carbocycles. The van der Waals surface area contributed by atoms with Crippen LogP contribution in [0.25, 0.3) is 10.9 Å². The lowest BCUT2D eigenvalue weighted by atomic mass is 9.87. The van der Waals surface area contributed by atoms with E-state index in [1.54, 1.807) is 0 Å². The molecule has 1 heterocycles. The molecule has 96 valence electrons. The standard InChI is InChI=1S/C14H17BrN2O/c15-12-4-3-11-8-17(16-14(11)7-12)13-5-1-10(9-18)2-6-13/h3-4,7-8,10,13,18H,1-2,5-6,9H2. The van der Waals surface area contributed by atoms with Crippen LogP contribution in [0.5, 0.6) is 0 Å². The van der Waals surface area contributed by atoms with Gasteiger partial charge in [0.2, 0.25) is 0 Å². The van der Waals surface area contributed by atoms with Gasteiger partial charge in [0.25, 0.3) is 0 Å². The largest absolute Gasteiger partial charge is 0.396 e. The Hall–Kier alpha value is -0.870. The second-order valence-electron chi connectivity index (χ2n) is 5.17. The van der Waals surface area contributed by atoms with E-state index in [0.29, 0.717) is 18.6 Å². The van der Waals surface area contributed by atoms with Crippen molar-refractivity contribution in [2.45, 2.75) is 31.7 Å². The average Bonchev–Trinajstić information content (AvgIpc) is 2.81. The fourth-order valence-electron chi connectivity index (χ4n) is 2.79. The Labute approximate surface area is 115 Å². The van der Waals surface area contributed by atoms with E-state index in [1.807, 2.05) is 0 Å². The SMILES string of the molecule is OCC1CCC(n2cc3ccc(Br)cc3n2)CC1. The highest BCUT2D eigenvalue weighted by molar-refractivity contribution is 9.10. The first-order valence-electron chi connectivity index (χ1n) is 6.51. The van der Waals surface area contributed by atoms with Crippen molar-refractivity contribution < 1.29 is 5.11 Å².